The van der Waals surface area contributed by atoms with Gasteiger partial charge in [0.2, 0.25) is 0 Å². The van der Waals surface area contributed by atoms with Crippen LogP contribution in [-0.4, -0.2) is 15.0 Å². The molecule has 3 aromatic heterocycles. The highest BCUT2D eigenvalue weighted by molar-refractivity contribution is 7.14. The fourth-order valence-electron chi connectivity index (χ4n) is 2.41. The van der Waals surface area contributed by atoms with Crippen molar-refractivity contribution < 1.29 is 0 Å². The van der Waals surface area contributed by atoms with Crippen LogP contribution in [0.25, 0.3) is 33.1 Å². The molecular formula is C18H9ClN4OS2. The third-order valence-corrected chi connectivity index (χ3v) is 5.45. The summed E-state index contributed by atoms with van der Waals surface area (Å²) >= 11 is 9.07. The predicted octanol–water partition coefficient (Wildman–Crippen LogP) is 4.83. The summed E-state index contributed by atoms with van der Waals surface area (Å²) in [5.41, 5.74) is 2.03. The number of aromatic nitrogens is 3. The van der Waals surface area contributed by atoms with Gasteiger partial charge in [-0.2, -0.15) is 16.6 Å². The molecule has 0 aliphatic carbocycles. The van der Waals surface area contributed by atoms with Gasteiger partial charge in [0.25, 0.3) is 5.56 Å². The lowest BCUT2D eigenvalue weighted by Gasteiger charge is -2.02. The molecule has 5 nitrogen and oxygen atoms in total. The zero-order chi connectivity index (χ0) is 18.1. The highest BCUT2D eigenvalue weighted by Gasteiger charge is 2.10. The Morgan fingerprint density at radius 1 is 1.27 bits per heavy atom. The summed E-state index contributed by atoms with van der Waals surface area (Å²) in [4.78, 5) is 23.8. The molecule has 0 radical (unpaired) electrons. The fourth-order valence-corrected chi connectivity index (χ4v) is 4.07. The van der Waals surface area contributed by atoms with E-state index in [4.69, 9.17) is 11.6 Å². The first kappa shape index (κ1) is 16.7. The van der Waals surface area contributed by atoms with Crippen molar-refractivity contribution in [2.45, 2.75) is 0 Å². The number of halogens is 1. The zero-order valence-electron chi connectivity index (χ0n) is 13.1. The molecule has 0 aliphatic heterocycles. The number of allylic oxidation sites excluding steroid dienone is 1. The van der Waals surface area contributed by atoms with Gasteiger partial charge in [0.1, 0.15) is 11.1 Å². The van der Waals surface area contributed by atoms with E-state index >= 15 is 0 Å². The van der Waals surface area contributed by atoms with Crippen LogP contribution in [0.15, 0.2) is 45.2 Å². The molecule has 0 spiro atoms. The van der Waals surface area contributed by atoms with E-state index in [-0.39, 0.29) is 17.0 Å². The molecule has 0 atom stereocenters. The van der Waals surface area contributed by atoms with Gasteiger partial charge in [0.05, 0.1) is 22.2 Å². The van der Waals surface area contributed by atoms with Crippen LogP contribution >= 0.6 is 34.3 Å². The van der Waals surface area contributed by atoms with Gasteiger partial charge in [-0.15, -0.1) is 11.3 Å². The number of rotatable bonds is 3. The topological polar surface area (TPSA) is 82.4 Å². The maximum Gasteiger partial charge on any atom is 0.259 e. The molecule has 0 bridgehead atoms. The maximum absolute atomic E-state index is 12.3. The third-order valence-electron chi connectivity index (χ3n) is 3.63. The molecule has 0 amide bonds. The molecule has 0 saturated heterocycles. The number of hydrogen-bond acceptors (Lipinski definition) is 6. The molecule has 3 heterocycles. The van der Waals surface area contributed by atoms with Crippen molar-refractivity contribution in [3.05, 3.63) is 67.3 Å². The molecule has 1 aromatic carbocycles. The second-order valence-corrected chi connectivity index (χ2v) is 7.41. The van der Waals surface area contributed by atoms with Gasteiger partial charge in [-0.3, -0.25) is 4.79 Å². The summed E-state index contributed by atoms with van der Waals surface area (Å²) in [6.45, 7) is 0. The lowest BCUT2D eigenvalue weighted by Crippen LogP contribution is -2.11. The second kappa shape index (κ2) is 6.84. The van der Waals surface area contributed by atoms with Gasteiger partial charge in [-0.25, -0.2) is 9.97 Å². The van der Waals surface area contributed by atoms with Crippen LogP contribution in [0.4, 0.5) is 0 Å². The van der Waals surface area contributed by atoms with Crippen LogP contribution in [0.5, 0.6) is 0 Å². The molecule has 4 rings (SSSR count). The van der Waals surface area contributed by atoms with Crippen molar-refractivity contribution in [2.75, 3.05) is 0 Å². The van der Waals surface area contributed by atoms with E-state index in [2.05, 4.69) is 21.0 Å². The lowest BCUT2D eigenvalue weighted by molar-refractivity contribution is 1.13. The molecule has 0 saturated carbocycles. The van der Waals surface area contributed by atoms with Crippen molar-refractivity contribution in [2.24, 2.45) is 0 Å². The summed E-state index contributed by atoms with van der Waals surface area (Å²) in [5.74, 6) is 0.192. The summed E-state index contributed by atoms with van der Waals surface area (Å²) in [6, 6.07) is 8.91. The summed E-state index contributed by atoms with van der Waals surface area (Å²) in [7, 11) is 0. The van der Waals surface area contributed by atoms with Gasteiger partial charge >= 0.3 is 0 Å². The van der Waals surface area contributed by atoms with E-state index in [0.29, 0.717) is 21.6 Å². The molecular weight excluding hydrogens is 388 g/mol. The van der Waals surface area contributed by atoms with Gasteiger partial charge in [-0.1, -0.05) is 11.6 Å². The Morgan fingerprint density at radius 2 is 2.15 bits per heavy atom. The van der Waals surface area contributed by atoms with Crippen molar-refractivity contribution in [3.63, 3.8) is 0 Å². The molecule has 1 N–H and O–H groups in total. The Balaban J connectivity index is 1.78. The average molecular weight is 397 g/mol. The summed E-state index contributed by atoms with van der Waals surface area (Å²) in [6.07, 6.45) is 1.61. The minimum Gasteiger partial charge on any atom is -0.305 e. The first-order valence-corrected chi connectivity index (χ1v) is 9.64. The smallest absolute Gasteiger partial charge is 0.259 e. The zero-order valence-corrected chi connectivity index (χ0v) is 15.5. The average Bonchev–Trinajstić information content (AvgIpc) is 3.30. The summed E-state index contributed by atoms with van der Waals surface area (Å²) in [5, 5.41) is 17.2. The van der Waals surface area contributed by atoms with Gasteiger partial charge in [0.15, 0.2) is 5.82 Å². The number of thiazole rings is 1. The first-order valence-electron chi connectivity index (χ1n) is 7.44. The molecule has 26 heavy (non-hydrogen) atoms. The van der Waals surface area contributed by atoms with E-state index in [9.17, 15) is 10.1 Å². The number of aromatic amines is 1. The number of thiophene rings is 1. The Hall–Kier alpha value is -2.79. The van der Waals surface area contributed by atoms with Crippen LogP contribution in [0.3, 0.4) is 0 Å². The van der Waals surface area contributed by atoms with Crippen molar-refractivity contribution >= 4 is 56.8 Å². The van der Waals surface area contributed by atoms with Crippen molar-refractivity contribution in [1.29, 1.82) is 5.26 Å². The van der Waals surface area contributed by atoms with Crippen LogP contribution in [0.2, 0.25) is 5.02 Å². The monoisotopic (exact) mass is 396 g/mol. The number of nitrogens with one attached hydrogen (secondary N) is 1. The SMILES string of the molecule is N#CC(=Cc1csc(-c2ccsc2)n1)c1nc2cc(Cl)ccc2c(=O)[nH]1. The third kappa shape index (κ3) is 3.18. The second-order valence-electron chi connectivity index (χ2n) is 5.34. The molecule has 0 aliphatic rings. The van der Waals surface area contributed by atoms with Crippen molar-refractivity contribution in [1.82, 2.24) is 15.0 Å². The normalized spacial score (nSPS) is 11.6. The highest BCUT2D eigenvalue weighted by atomic mass is 35.5. The standard InChI is InChI=1S/C18H9ClN4OS2/c19-12-1-2-14-15(6-12)22-16(23-17(14)24)11(7-20)5-13-9-26-18(21-13)10-3-4-25-8-10/h1-6,8-9H,(H,22,23,24). The largest absolute Gasteiger partial charge is 0.305 e. The number of fused-ring (bicyclic) bond motifs is 1. The molecule has 126 valence electrons. The Kier molecular flexibility index (Phi) is 4.39. The first-order chi connectivity index (χ1) is 12.6. The Labute approximate surface area is 160 Å². The van der Waals surface area contributed by atoms with E-state index in [1.165, 1.54) is 11.3 Å². The fraction of sp³-hybridized carbons (Fsp3) is 0. The predicted molar refractivity (Wildman–Crippen MR) is 106 cm³/mol. The number of hydrogen-bond donors (Lipinski definition) is 1. The van der Waals surface area contributed by atoms with E-state index in [1.54, 1.807) is 35.6 Å². The van der Waals surface area contributed by atoms with Gasteiger partial charge in [0, 0.05) is 21.3 Å². The van der Waals surface area contributed by atoms with E-state index < -0.39 is 0 Å². The van der Waals surface area contributed by atoms with Crippen LogP contribution in [-0.2, 0) is 0 Å². The number of nitrogens with zero attached hydrogens (tertiary/aromatic N) is 3. The van der Waals surface area contributed by atoms with Crippen LogP contribution < -0.4 is 5.56 Å². The van der Waals surface area contributed by atoms with Crippen LogP contribution in [0, 0.1) is 11.3 Å². The van der Waals surface area contributed by atoms with Gasteiger partial charge in [-0.05, 0) is 35.7 Å². The number of benzene rings is 1. The minimum absolute atomic E-state index is 0.192. The van der Waals surface area contributed by atoms with Crippen LogP contribution in [0.1, 0.15) is 11.5 Å². The Bertz CT molecular complexity index is 1230. The number of nitriles is 1. The van der Waals surface area contributed by atoms with E-state index in [0.717, 1.165) is 10.6 Å². The highest BCUT2D eigenvalue weighted by Crippen LogP contribution is 2.27. The molecule has 0 fully saturated rings. The molecule has 0 unspecified atom stereocenters. The molecule has 8 heteroatoms. The molecule has 4 aromatic rings. The van der Waals surface area contributed by atoms with Gasteiger partial charge < -0.3 is 4.98 Å². The Morgan fingerprint density at radius 3 is 2.92 bits per heavy atom. The quantitative estimate of drug-likeness (QED) is 0.503. The maximum atomic E-state index is 12.3. The summed E-state index contributed by atoms with van der Waals surface area (Å²) < 4.78 is 0. The number of H-pyrrole nitrogens is 1. The minimum atomic E-state index is -0.319. The van der Waals surface area contributed by atoms with E-state index in [1.807, 2.05) is 22.2 Å². The van der Waals surface area contributed by atoms with Crippen molar-refractivity contribution in [3.8, 4) is 16.6 Å². The lowest BCUT2D eigenvalue weighted by atomic mass is 10.2.